The molecule has 1 aromatic heterocycles. The third kappa shape index (κ3) is 5.61. The van der Waals surface area contributed by atoms with Crippen LogP contribution in [0.25, 0.3) is 5.57 Å². The number of hydrazone groups is 1. The quantitative estimate of drug-likeness (QED) is 0.384. The van der Waals surface area contributed by atoms with E-state index in [0.717, 1.165) is 36.8 Å². The first kappa shape index (κ1) is 27.1. The first-order chi connectivity index (χ1) is 19.9. The molecule has 41 heavy (non-hydrogen) atoms. The van der Waals surface area contributed by atoms with E-state index in [1.54, 1.807) is 13.2 Å². The topological polar surface area (TPSA) is 131 Å². The number of nitrogens with one attached hydrogen (secondary N) is 2. The van der Waals surface area contributed by atoms with Gasteiger partial charge in [-0.3, -0.25) is 9.59 Å². The third-order valence-electron chi connectivity index (χ3n) is 8.86. The maximum Gasteiger partial charge on any atom is 0.252 e. The molecular formula is C31H37N6O4+. The summed E-state index contributed by atoms with van der Waals surface area (Å²) in [5.74, 6) is 0.570. The summed E-state index contributed by atoms with van der Waals surface area (Å²) in [5.41, 5.74) is 9.05. The van der Waals surface area contributed by atoms with Gasteiger partial charge in [-0.15, -0.1) is 0 Å². The van der Waals surface area contributed by atoms with Crippen LogP contribution in [0.3, 0.4) is 0 Å². The SMILES string of the molecule is COc1c(Nc2cc(NC(=O)C3CC3)ncc2C(N)=O)cccc1C1=C/[N+](=C\C2CC3(CCCC3)C[C@@H]2OC)N=C1. The van der Waals surface area contributed by atoms with Crippen molar-refractivity contribution in [1.29, 1.82) is 0 Å². The first-order valence-corrected chi connectivity index (χ1v) is 14.3. The van der Waals surface area contributed by atoms with Crippen molar-refractivity contribution in [1.82, 2.24) is 4.98 Å². The van der Waals surface area contributed by atoms with Gasteiger partial charge in [-0.2, -0.15) is 0 Å². The maximum absolute atomic E-state index is 12.3. The largest absolute Gasteiger partial charge is 0.494 e. The standard InChI is InChI=1S/C31H36N6O4/c1-40-26-14-31(10-3-4-11-31)13-20(26)17-37-18-21(15-34-37)22-6-5-7-24(28(22)41-2)35-25-12-27(33-16-23(25)29(32)38)36-30(39)19-8-9-19/h5-7,12,15-20,26H,3-4,8-11,13-14H2,1-2H3,(H3-,32,33,35,36,38,39)/p+1/b37-17+/t20?,26-/m0/s1. The number of carbonyl (C=O) groups is 2. The highest BCUT2D eigenvalue weighted by atomic mass is 16.5. The van der Waals surface area contributed by atoms with E-state index in [-0.39, 0.29) is 23.5 Å². The van der Waals surface area contributed by atoms with Gasteiger partial charge in [0, 0.05) is 30.9 Å². The van der Waals surface area contributed by atoms with Crippen molar-refractivity contribution < 1.29 is 23.7 Å². The van der Waals surface area contributed by atoms with Crippen molar-refractivity contribution in [3.63, 3.8) is 0 Å². The number of nitrogens with zero attached hydrogens (tertiary/aromatic N) is 3. The second-order valence-corrected chi connectivity index (χ2v) is 11.7. The summed E-state index contributed by atoms with van der Waals surface area (Å²) in [6.45, 7) is 0. The fraction of sp³-hybridized carbons (Fsp3) is 0.452. The van der Waals surface area contributed by atoms with Crippen LogP contribution >= 0.6 is 0 Å². The molecule has 3 aliphatic carbocycles. The molecule has 2 atom stereocenters. The Bertz CT molecular complexity index is 1450. The van der Waals surface area contributed by atoms with Crippen molar-refractivity contribution in [3.05, 3.63) is 47.8 Å². The molecule has 3 fully saturated rings. The molecule has 2 amide bonds. The summed E-state index contributed by atoms with van der Waals surface area (Å²) >= 11 is 0. The second-order valence-electron chi connectivity index (χ2n) is 11.7. The van der Waals surface area contributed by atoms with Crippen LogP contribution in [0.1, 0.15) is 67.3 Å². The molecule has 1 spiro atoms. The van der Waals surface area contributed by atoms with Crippen LogP contribution < -0.4 is 21.1 Å². The fourth-order valence-corrected chi connectivity index (χ4v) is 6.61. The molecular weight excluding hydrogens is 520 g/mol. The van der Waals surface area contributed by atoms with Crippen molar-refractivity contribution in [3.8, 4) is 5.75 Å². The second kappa shape index (κ2) is 11.1. The molecule has 10 nitrogen and oxygen atoms in total. The number of anilines is 3. The Morgan fingerprint density at radius 2 is 1.95 bits per heavy atom. The average Bonchev–Trinajstić information content (AvgIpc) is 3.39. The molecule has 0 radical (unpaired) electrons. The summed E-state index contributed by atoms with van der Waals surface area (Å²) in [5, 5.41) is 10.7. The van der Waals surface area contributed by atoms with Crippen molar-refractivity contribution >= 4 is 47.0 Å². The zero-order valence-electron chi connectivity index (χ0n) is 23.6. The third-order valence-corrected chi connectivity index (χ3v) is 8.86. The number of rotatable bonds is 9. The Hall–Kier alpha value is -4.05. The lowest BCUT2D eigenvalue weighted by atomic mass is 9.84. The summed E-state index contributed by atoms with van der Waals surface area (Å²) in [6.07, 6.45) is 16.8. The number of hydrogen-bond acceptors (Lipinski definition) is 7. The number of carbonyl (C=O) groups excluding carboxylic acids is 2. The molecule has 2 heterocycles. The lowest BCUT2D eigenvalue weighted by Crippen LogP contribution is -2.20. The van der Waals surface area contributed by atoms with Gasteiger partial charge < -0.3 is 25.8 Å². The Kier molecular flexibility index (Phi) is 7.33. The monoisotopic (exact) mass is 557 g/mol. The number of allylic oxidation sites excluding steroid dienone is 1. The Morgan fingerprint density at radius 1 is 1.15 bits per heavy atom. The van der Waals surface area contributed by atoms with Gasteiger partial charge >= 0.3 is 0 Å². The highest BCUT2D eigenvalue weighted by Gasteiger charge is 2.47. The summed E-state index contributed by atoms with van der Waals surface area (Å²) in [7, 11) is 3.42. The molecule has 6 rings (SSSR count). The first-order valence-electron chi connectivity index (χ1n) is 14.3. The number of aromatic nitrogens is 1. The van der Waals surface area contributed by atoms with Gasteiger partial charge in [0.15, 0.2) is 6.21 Å². The van der Waals surface area contributed by atoms with Crippen molar-refractivity contribution in [2.75, 3.05) is 24.9 Å². The molecule has 2 aromatic rings. The molecule has 3 saturated carbocycles. The highest BCUT2D eigenvalue weighted by Crippen LogP contribution is 2.53. The van der Waals surface area contributed by atoms with E-state index >= 15 is 0 Å². The lowest BCUT2D eigenvalue weighted by Gasteiger charge is -2.21. The lowest BCUT2D eigenvalue weighted by molar-refractivity contribution is -0.454. The van der Waals surface area contributed by atoms with Crippen molar-refractivity contribution in [2.45, 2.75) is 57.5 Å². The number of amides is 2. The Balaban J connectivity index is 1.26. The summed E-state index contributed by atoms with van der Waals surface area (Å²) in [6, 6.07) is 7.35. The normalized spacial score (nSPS) is 23.7. The molecule has 4 N–H and O–H groups in total. The Labute approximate surface area is 239 Å². The number of hydrogen-bond donors (Lipinski definition) is 3. The van der Waals surface area contributed by atoms with Crippen molar-refractivity contribution in [2.24, 2.45) is 28.1 Å². The Morgan fingerprint density at radius 3 is 2.66 bits per heavy atom. The van der Waals surface area contributed by atoms with E-state index in [4.69, 9.17) is 15.2 Å². The average molecular weight is 558 g/mol. The van der Waals surface area contributed by atoms with Gasteiger partial charge in [-0.05, 0) is 55.1 Å². The van der Waals surface area contributed by atoms with E-state index in [9.17, 15) is 9.59 Å². The summed E-state index contributed by atoms with van der Waals surface area (Å²) in [4.78, 5) is 28.7. The number of pyridine rings is 1. The van der Waals surface area contributed by atoms with Gasteiger partial charge in [-0.1, -0.05) is 29.7 Å². The number of para-hydroxylation sites is 1. The summed E-state index contributed by atoms with van der Waals surface area (Å²) < 4.78 is 13.6. The highest BCUT2D eigenvalue weighted by molar-refractivity contribution is 6.12. The number of nitrogens with two attached hydrogens (primary N) is 1. The van der Waals surface area contributed by atoms with E-state index in [2.05, 4.69) is 26.9 Å². The molecule has 0 bridgehead atoms. The number of methoxy groups -OCH3 is 2. The van der Waals surface area contributed by atoms with Crippen LogP contribution in [0.15, 0.2) is 41.8 Å². The van der Waals surface area contributed by atoms with Crippen LogP contribution in [-0.4, -0.2) is 54.2 Å². The van der Waals surface area contributed by atoms with E-state index in [1.165, 1.54) is 31.9 Å². The van der Waals surface area contributed by atoms with Gasteiger partial charge in [-0.25, -0.2) is 4.98 Å². The van der Waals surface area contributed by atoms with E-state index in [0.29, 0.717) is 34.3 Å². The molecule has 214 valence electrons. The minimum atomic E-state index is -0.632. The zero-order chi connectivity index (χ0) is 28.6. The van der Waals surface area contributed by atoms with Crippen LogP contribution in [0.4, 0.5) is 17.2 Å². The van der Waals surface area contributed by atoms with Crippen LogP contribution in [0, 0.1) is 17.3 Å². The smallest absolute Gasteiger partial charge is 0.252 e. The van der Waals surface area contributed by atoms with Gasteiger partial charge in [0.1, 0.15) is 17.8 Å². The van der Waals surface area contributed by atoms with E-state index in [1.807, 2.05) is 42.4 Å². The fourth-order valence-electron chi connectivity index (χ4n) is 6.61. The molecule has 0 saturated heterocycles. The predicted molar refractivity (Wildman–Crippen MR) is 158 cm³/mol. The number of benzene rings is 1. The van der Waals surface area contributed by atoms with Gasteiger partial charge in [0.25, 0.3) is 5.91 Å². The van der Waals surface area contributed by atoms with Crippen LogP contribution in [0.2, 0.25) is 0 Å². The molecule has 1 unspecified atom stereocenters. The number of ether oxygens (including phenoxy) is 2. The predicted octanol–water partition coefficient (Wildman–Crippen LogP) is 4.69. The van der Waals surface area contributed by atoms with Gasteiger partial charge in [0.05, 0.1) is 41.6 Å². The van der Waals surface area contributed by atoms with Gasteiger partial charge in [0.2, 0.25) is 12.1 Å². The molecule has 4 aliphatic rings. The molecule has 10 heteroatoms. The van der Waals surface area contributed by atoms with Crippen LogP contribution in [-0.2, 0) is 9.53 Å². The number of primary amides is 1. The minimum absolute atomic E-state index is 0.0249. The minimum Gasteiger partial charge on any atom is -0.494 e. The maximum atomic E-state index is 12.3. The van der Waals surface area contributed by atoms with E-state index < -0.39 is 5.91 Å². The van der Waals surface area contributed by atoms with Crippen LogP contribution in [0.5, 0.6) is 5.75 Å². The molecule has 1 aromatic carbocycles. The zero-order valence-corrected chi connectivity index (χ0v) is 23.6. The molecule has 1 aliphatic heterocycles.